The van der Waals surface area contributed by atoms with E-state index in [4.69, 9.17) is 35.2 Å². The summed E-state index contributed by atoms with van der Waals surface area (Å²) in [7, 11) is -2.02. The molecule has 0 fully saturated rings. The lowest BCUT2D eigenvalue weighted by molar-refractivity contribution is -0.141. The van der Waals surface area contributed by atoms with Gasteiger partial charge in [-0.25, -0.2) is 23.0 Å². The second kappa shape index (κ2) is 25.6. The number of anilines is 2. The van der Waals surface area contributed by atoms with E-state index in [0.717, 1.165) is 23.2 Å². The second-order valence-corrected chi connectivity index (χ2v) is 17.4. The largest absolute Gasteiger partial charge is 0.494 e. The molecular weight excluding hydrogens is 877 g/mol. The van der Waals surface area contributed by atoms with Crippen LogP contribution in [0.1, 0.15) is 45.1 Å². The van der Waals surface area contributed by atoms with Crippen molar-refractivity contribution in [3.05, 3.63) is 59.8 Å². The first-order chi connectivity index (χ1) is 31.0. The summed E-state index contributed by atoms with van der Waals surface area (Å²) in [5, 5.41) is 7.89. The number of hydrogen-bond acceptors (Lipinski definition) is 15. The van der Waals surface area contributed by atoms with Crippen molar-refractivity contribution in [3.63, 3.8) is 0 Å². The Morgan fingerprint density at radius 3 is 2.32 bits per heavy atom. The third kappa shape index (κ3) is 17.2. The third-order valence-electron chi connectivity index (χ3n) is 9.53. The van der Waals surface area contributed by atoms with Crippen LogP contribution in [0.25, 0.3) is 11.3 Å². The zero-order valence-corrected chi connectivity index (χ0v) is 37.6. The molecule has 1 aliphatic heterocycles. The molecular formula is C42H57F2N9O11S. The standard InChI is InChI=1S/C42H57F2N9O11S/c1-26(48-36(54)9-13-60-15-17-62-18-16-61-14-10-45)41(58)53(3)27(2)40(57)50-34(39(46)56)23-37(55)52-65(4,59)25-28-19-30-22-31(20-28)63-11-5-6-12-64-35-21-29(43)7-8-32(35)38-33(44)24-47-42(49-30)51-38/h7-8,19-22,24,26-27,34H,5-6,9-18,23,25,45H2,1-4H3,(H2,46,56)(H,48,54)(H,50,57)(H,47,49,51)/t26-,27-,34-,65-/m0/s1. The van der Waals surface area contributed by atoms with Crippen LogP contribution in [0.15, 0.2) is 47.0 Å². The molecule has 0 saturated heterocycles. The lowest BCUT2D eigenvalue weighted by Gasteiger charge is -2.28. The highest BCUT2D eigenvalue weighted by molar-refractivity contribution is 7.92. The normalized spacial score (nSPS) is 14.8. The molecule has 2 heterocycles. The maximum absolute atomic E-state index is 15.0. The van der Waals surface area contributed by atoms with Crippen molar-refractivity contribution in [2.24, 2.45) is 15.8 Å². The number of carbonyl (C=O) groups is 5. The van der Waals surface area contributed by atoms with Gasteiger partial charge in [-0.2, -0.15) is 4.36 Å². The van der Waals surface area contributed by atoms with E-state index >= 15 is 4.39 Å². The predicted octanol–water partition coefficient (Wildman–Crippen LogP) is 1.95. The van der Waals surface area contributed by atoms with E-state index in [1.165, 1.54) is 33.2 Å². The SMILES string of the molecule is C[C@H](NC(=O)CCOCCOCCOCCN)C(=O)N(C)[C@@H](C)C(=O)N[C@@H](CC(=O)N=[S@@](C)(=O)Cc1cc2cc(c1)OCCCCOc1cc(F)ccc1-c1nc(ncc1F)N2)C(N)=O. The lowest BCUT2D eigenvalue weighted by Crippen LogP contribution is -2.55. The molecule has 4 rings (SSSR count). The van der Waals surface area contributed by atoms with Gasteiger partial charge in [0.25, 0.3) is 5.91 Å². The number of ether oxygens (including phenoxy) is 5. The van der Waals surface area contributed by atoms with E-state index in [1.54, 1.807) is 18.2 Å². The Kier molecular flexibility index (Phi) is 20.4. The van der Waals surface area contributed by atoms with Gasteiger partial charge in [0.1, 0.15) is 41.1 Å². The summed E-state index contributed by atoms with van der Waals surface area (Å²) in [6.45, 7) is 5.52. The summed E-state index contributed by atoms with van der Waals surface area (Å²) in [5.41, 5.74) is 11.7. The number of nitrogens with two attached hydrogens (primary N) is 2. The number of likely N-dealkylation sites (N-methyl/N-ethyl adjacent to an activating group) is 1. The molecule has 1 aromatic heterocycles. The van der Waals surface area contributed by atoms with Crippen LogP contribution in [0.3, 0.4) is 0 Å². The minimum atomic E-state index is -3.35. The number of aromatic nitrogens is 2. The monoisotopic (exact) mass is 933 g/mol. The topological polar surface area (TPSA) is 278 Å². The Hall–Kier alpha value is -5.88. The van der Waals surface area contributed by atoms with Crippen molar-refractivity contribution in [1.82, 2.24) is 25.5 Å². The highest BCUT2D eigenvalue weighted by Gasteiger charge is 2.30. The van der Waals surface area contributed by atoms with Crippen molar-refractivity contribution >= 4 is 50.9 Å². The average molecular weight is 934 g/mol. The molecule has 7 N–H and O–H groups in total. The summed E-state index contributed by atoms with van der Waals surface area (Å²) in [6.07, 6.45) is 2.45. The van der Waals surface area contributed by atoms with Gasteiger partial charge in [-0.05, 0) is 56.5 Å². The average Bonchev–Trinajstić information content (AvgIpc) is 3.24. The molecule has 5 amide bonds. The highest BCUT2D eigenvalue weighted by Crippen LogP contribution is 2.33. The number of primary amides is 1. The fraction of sp³-hybridized carbons (Fsp3) is 0.500. The van der Waals surface area contributed by atoms with Crippen molar-refractivity contribution in [2.45, 2.75) is 63.4 Å². The van der Waals surface area contributed by atoms with Crippen LogP contribution in [0.5, 0.6) is 11.5 Å². The highest BCUT2D eigenvalue weighted by atomic mass is 32.2. The van der Waals surface area contributed by atoms with Crippen molar-refractivity contribution in [2.75, 3.05) is 78.0 Å². The third-order valence-corrected chi connectivity index (χ3v) is 11.0. The molecule has 20 nitrogen and oxygen atoms in total. The van der Waals surface area contributed by atoms with E-state index in [0.29, 0.717) is 62.8 Å². The van der Waals surface area contributed by atoms with Crippen LogP contribution in [0, 0.1) is 11.6 Å². The molecule has 23 heteroatoms. The second-order valence-electron chi connectivity index (χ2n) is 15.0. The first-order valence-electron chi connectivity index (χ1n) is 20.8. The number of fused-ring (bicyclic) bond motifs is 6. The number of amides is 5. The van der Waals surface area contributed by atoms with Gasteiger partial charge in [0, 0.05) is 49.7 Å². The maximum Gasteiger partial charge on any atom is 0.256 e. The Bertz CT molecular complexity index is 2260. The molecule has 0 radical (unpaired) electrons. The number of nitrogens with one attached hydrogen (secondary N) is 3. The maximum atomic E-state index is 15.0. The van der Waals surface area contributed by atoms with Crippen LogP contribution < -0.4 is 36.9 Å². The van der Waals surface area contributed by atoms with E-state index in [-0.39, 0.29) is 61.6 Å². The number of benzene rings is 2. The number of hydrogen-bond donors (Lipinski definition) is 5. The van der Waals surface area contributed by atoms with Gasteiger partial charge >= 0.3 is 0 Å². The number of carbonyl (C=O) groups excluding carboxylic acids is 5. The van der Waals surface area contributed by atoms with Crippen molar-refractivity contribution in [1.29, 1.82) is 0 Å². The van der Waals surface area contributed by atoms with E-state index in [1.807, 2.05) is 0 Å². The molecule has 4 atom stereocenters. The Morgan fingerprint density at radius 2 is 1.63 bits per heavy atom. The first-order valence-corrected chi connectivity index (χ1v) is 22.9. The summed E-state index contributed by atoms with van der Waals surface area (Å²) < 4.78 is 74.5. The van der Waals surface area contributed by atoms with Gasteiger partial charge in [-0.1, -0.05) is 0 Å². The zero-order chi connectivity index (χ0) is 47.5. The van der Waals surface area contributed by atoms with Crippen LogP contribution in [0.4, 0.5) is 20.4 Å². The summed E-state index contributed by atoms with van der Waals surface area (Å²) in [5.74, 6) is -5.19. The quantitative estimate of drug-likeness (QED) is 0.0955. The summed E-state index contributed by atoms with van der Waals surface area (Å²) in [6, 6.07) is 4.70. The van der Waals surface area contributed by atoms with Crippen LogP contribution >= 0.6 is 0 Å². The van der Waals surface area contributed by atoms with Gasteiger partial charge in [0.05, 0.1) is 81.0 Å². The molecule has 0 saturated carbocycles. The lowest BCUT2D eigenvalue weighted by atomic mass is 10.1. The number of rotatable bonds is 21. The smallest absolute Gasteiger partial charge is 0.256 e. The summed E-state index contributed by atoms with van der Waals surface area (Å²) >= 11 is 0. The van der Waals surface area contributed by atoms with E-state index in [9.17, 15) is 32.6 Å². The first kappa shape index (κ1) is 51.8. The number of nitrogens with zero attached hydrogens (tertiary/aromatic N) is 4. The van der Waals surface area contributed by atoms with Gasteiger partial charge in [-0.3, -0.25) is 24.0 Å². The van der Waals surface area contributed by atoms with Crippen LogP contribution in [-0.2, 0) is 53.7 Å². The molecule has 356 valence electrons. The molecule has 65 heavy (non-hydrogen) atoms. The predicted molar refractivity (Wildman–Crippen MR) is 234 cm³/mol. The number of halogens is 2. The Morgan fingerprint density at radius 1 is 0.954 bits per heavy atom. The fourth-order valence-electron chi connectivity index (χ4n) is 6.15. The van der Waals surface area contributed by atoms with Gasteiger partial charge < -0.3 is 56.0 Å². The molecule has 0 aliphatic carbocycles. The van der Waals surface area contributed by atoms with Crippen molar-refractivity contribution in [3.8, 4) is 22.8 Å². The van der Waals surface area contributed by atoms with E-state index in [2.05, 4.69) is 30.3 Å². The minimum Gasteiger partial charge on any atom is -0.494 e. The molecule has 1 aliphatic rings. The summed E-state index contributed by atoms with van der Waals surface area (Å²) in [4.78, 5) is 73.7. The Balaban J connectivity index is 1.35. The van der Waals surface area contributed by atoms with Crippen LogP contribution in [0.2, 0.25) is 0 Å². The van der Waals surface area contributed by atoms with Gasteiger partial charge in [0.15, 0.2) is 5.82 Å². The van der Waals surface area contributed by atoms with Gasteiger partial charge in [-0.15, -0.1) is 0 Å². The molecule has 0 spiro atoms. The molecule has 2 aromatic carbocycles. The fourth-order valence-corrected chi connectivity index (χ4v) is 7.51. The van der Waals surface area contributed by atoms with E-state index < -0.39 is 75.4 Å². The van der Waals surface area contributed by atoms with Gasteiger partial charge in [0.2, 0.25) is 29.6 Å². The molecule has 3 aromatic rings. The minimum absolute atomic E-state index is 0.0330. The molecule has 0 unspecified atom stereocenters. The van der Waals surface area contributed by atoms with Crippen molar-refractivity contribution < 1.29 is 60.6 Å². The zero-order valence-electron chi connectivity index (χ0n) is 36.8. The Labute approximate surface area is 376 Å². The molecule has 4 bridgehead atoms. The van der Waals surface area contributed by atoms with Crippen LogP contribution in [-0.4, -0.2) is 139 Å².